The van der Waals surface area contributed by atoms with E-state index in [1.807, 2.05) is 17.0 Å². The van der Waals surface area contributed by atoms with Gasteiger partial charge in [0.2, 0.25) is 0 Å². The number of hydrogen-bond donors (Lipinski definition) is 0. The van der Waals surface area contributed by atoms with E-state index in [1.165, 1.54) is 0 Å². The molecule has 0 atom stereocenters. The fraction of sp³-hybridized carbons (Fsp3) is 0.333. The fourth-order valence-electron chi connectivity index (χ4n) is 0.950. The molecule has 1 aliphatic rings. The molecule has 0 N–H and O–H groups in total. The van der Waals surface area contributed by atoms with Gasteiger partial charge in [0.1, 0.15) is 0 Å². The molecule has 0 saturated heterocycles. The molecule has 3 nitrogen and oxygen atoms in total. The molecule has 1 aromatic heterocycles. The van der Waals surface area contributed by atoms with Gasteiger partial charge in [-0.25, -0.2) is 0 Å². The van der Waals surface area contributed by atoms with Crippen LogP contribution in [0.5, 0.6) is 0 Å². The number of fused-ring (bicyclic) bond motifs is 1. The first kappa shape index (κ1) is 4.73. The van der Waals surface area contributed by atoms with E-state index in [9.17, 15) is 0 Å². The van der Waals surface area contributed by atoms with E-state index in [0.717, 1.165) is 18.8 Å². The molecule has 46 valence electrons. The molecule has 0 radical (unpaired) electrons. The number of aliphatic imine (C=N–C) groups is 1. The van der Waals surface area contributed by atoms with Gasteiger partial charge in [-0.05, 0) is 6.07 Å². The van der Waals surface area contributed by atoms with Gasteiger partial charge in [0.15, 0.2) is 0 Å². The van der Waals surface area contributed by atoms with E-state index in [0.29, 0.717) is 0 Å². The second kappa shape index (κ2) is 1.69. The average molecular weight is 121 g/mol. The normalized spacial score (nSPS) is 15.6. The van der Waals surface area contributed by atoms with Crippen molar-refractivity contribution in [1.29, 1.82) is 0 Å². The second-order valence-electron chi connectivity index (χ2n) is 2.01. The van der Waals surface area contributed by atoms with Crippen molar-refractivity contribution in [1.82, 2.24) is 9.78 Å². The molecule has 0 amide bonds. The Hall–Kier alpha value is -1.12. The SMILES string of the molecule is C1=NCCn2nccc21. The largest absolute Gasteiger partial charge is 0.289 e. The molecular formula is C6H7N3. The van der Waals surface area contributed by atoms with E-state index in [-0.39, 0.29) is 0 Å². The first-order valence-electron chi connectivity index (χ1n) is 2.98. The van der Waals surface area contributed by atoms with Crippen LogP contribution in [-0.2, 0) is 6.54 Å². The molecule has 1 aliphatic heterocycles. The van der Waals surface area contributed by atoms with Crippen LogP contribution in [-0.4, -0.2) is 22.5 Å². The predicted octanol–water partition coefficient (Wildman–Crippen LogP) is 0.316. The summed E-state index contributed by atoms with van der Waals surface area (Å²) in [5.41, 5.74) is 1.11. The third kappa shape index (κ3) is 0.650. The van der Waals surface area contributed by atoms with Crippen molar-refractivity contribution >= 4 is 6.21 Å². The molecular weight excluding hydrogens is 114 g/mol. The van der Waals surface area contributed by atoms with Crippen LogP contribution in [0.3, 0.4) is 0 Å². The van der Waals surface area contributed by atoms with E-state index in [1.54, 1.807) is 6.20 Å². The van der Waals surface area contributed by atoms with E-state index >= 15 is 0 Å². The topological polar surface area (TPSA) is 30.2 Å². The smallest absolute Gasteiger partial charge is 0.0788 e. The Kier molecular flexibility index (Phi) is 0.886. The third-order valence-electron chi connectivity index (χ3n) is 1.41. The molecule has 0 saturated carbocycles. The van der Waals surface area contributed by atoms with Crippen LogP contribution in [0, 0.1) is 0 Å². The van der Waals surface area contributed by atoms with E-state index < -0.39 is 0 Å². The Morgan fingerprint density at radius 2 is 2.56 bits per heavy atom. The molecule has 0 unspecified atom stereocenters. The summed E-state index contributed by atoms with van der Waals surface area (Å²) < 4.78 is 1.95. The zero-order valence-electron chi connectivity index (χ0n) is 4.99. The van der Waals surface area contributed by atoms with Gasteiger partial charge < -0.3 is 0 Å². The molecule has 0 aromatic carbocycles. The monoisotopic (exact) mass is 121 g/mol. The maximum Gasteiger partial charge on any atom is 0.0788 e. The maximum absolute atomic E-state index is 4.10. The number of rotatable bonds is 0. The molecule has 9 heavy (non-hydrogen) atoms. The van der Waals surface area contributed by atoms with Crippen LogP contribution in [0.2, 0.25) is 0 Å². The number of hydrogen-bond acceptors (Lipinski definition) is 2. The van der Waals surface area contributed by atoms with Crippen molar-refractivity contribution in [2.75, 3.05) is 6.54 Å². The number of aromatic nitrogens is 2. The van der Waals surface area contributed by atoms with E-state index in [4.69, 9.17) is 0 Å². The van der Waals surface area contributed by atoms with Crippen LogP contribution >= 0.6 is 0 Å². The molecule has 0 spiro atoms. The van der Waals surface area contributed by atoms with Crippen molar-refractivity contribution in [2.24, 2.45) is 4.99 Å². The molecule has 2 rings (SSSR count). The molecule has 0 fully saturated rings. The van der Waals surface area contributed by atoms with Crippen molar-refractivity contribution in [3.05, 3.63) is 18.0 Å². The van der Waals surface area contributed by atoms with Crippen molar-refractivity contribution < 1.29 is 0 Å². The summed E-state index contributed by atoms with van der Waals surface area (Å²) in [7, 11) is 0. The summed E-state index contributed by atoms with van der Waals surface area (Å²) in [5.74, 6) is 0. The maximum atomic E-state index is 4.10. The molecule has 3 heteroatoms. The van der Waals surface area contributed by atoms with Crippen LogP contribution in [0.1, 0.15) is 5.69 Å². The summed E-state index contributed by atoms with van der Waals surface area (Å²) in [4.78, 5) is 4.10. The molecule has 0 aliphatic carbocycles. The summed E-state index contributed by atoms with van der Waals surface area (Å²) in [5, 5.41) is 4.08. The summed E-state index contributed by atoms with van der Waals surface area (Å²) >= 11 is 0. The number of nitrogens with zero attached hydrogens (tertiary/aromatic N) is 3. The zero-order chi connectivity index (χ0) is 6.10. The lowest BCUT2D eigenvalue weighted by Crippen LogP contribution is -2.11. The van der Waals surface area contributed by atoms with Gasteiger partial charge in [-0.1, -0.05) is 0 Å². The predicted molar refractivity (Wildman–Crippen MR) is 34.7 cm³/mol. The van der Waals surface area contributed by atoms with Gasteiger partial charge in [-0.3, -0.25) is 9.67 Å². The lowest BCUT2D eigenvalue weighted by molar-refractivity contribution is 0.611. The van der Waals surface area contributed by atoms with Gasteiger partial charge >= 0.3 is 0 Å². The third-order valence-corrected chi connectivity index (χ3v) is 1.41. The van der Waals surface area contributed by atoms with Gasteiger partial charge in [0.05, 0.1) is 18.8 Å². The first-order valence-corrected chi connectivity index (χ1v) is 2.98. The minimum Gasteiger partial charge on any atom is -0.289 e. The van der Waals surface area contributed by atoms with Gasteiger partial charge in [0.25, 0.3) is 0 Å². The zero-order valence-corrected chi connectivity index (χ0v) is 4.99. The second-order valence-corrected chi connectivity index (χ2v) is 2.01. The Labute approximate surface area is 53.0 Å². The Balaban J connectivity index is 2.53. The highest BCUT2D eigenvalue weighted by molar-refractivity contribution is 5.77. The quantitative estimate of drug-likeness (QED) is 0.486. The van der Waals surface area contributed by atoms with Crippen molar-refractivity contribution in [2.45, 2.75) is 6.54 Å². The Morgan fingerprint density at radius 3 is 3.44 bits per heavy atom. The summed E-state index contributed by atoms with van der Waals surface area (Å²) in [6.07, 6.45) is 3.66. The van der Waals surface area contributed by atoms with Crippen LogP contribution < -0.4 is 0 Å². The van der Waals surface area contributed by atoms with Gasteiger partial charge in [-0.15, -0.1) is 0 Å². The highest BCUT2D eigenvalue weighted by Crippen LogP contribution is 1.98. The van der Waals surface area contributed by atoms with Crippen molar-refractivity contribution in [3.63, 3.8) is 0 Å². The van der Waals surface area contributed by atoms with Crippen LogP contribution in [0.4, 0.5) is 0 Å². The van der Waals surface area contributed by atoms with Crippen LogP contribution in [0.15, 0.2) is 17.3 Å². The highest BCUT2D eigenvalue weighted by Gasteiger charge is 2.01. The molecule has 2 heterocycles. The minimum absolute atomic E-state index is 0.870. The Morgan fingerprint density at radius 1 is 1.56 bits per heavy atom. The lowest BCUT2D eigenvalue weighted by atomic mass is 10.4. The first-order chi connectivity index (χ1) is 4.47. The van der Waals surface area contributed by atoms with Crippen molar-refractivity contribution in [3.8, 4) is 0 Å². The average Bonchev–Trinajstić information content (AvgIpc) is 2.33. The summed E-state index contributed by atoms with van der Waals surface area (Å²) in [6.45, 7) is 1.80. The van der Waals surface area contributed by atoms with E-state index in [2.05, 4.69) is 10.1 Å². The lowest BCUT2D eigenvalue weighted by Gasteiger charge is -2.05. The van der Waals surface area contributed by atoms with Gasteiger partial charge in [0, 0.05) is 12.4 Å². The Bertz CT molecular complexity index is 236. The van der Waals surface area contributed by atoms with Crippen LogP contribution in [0.25, 0.3) is 0 Å². The molecule has 0 bridgehead atoms. The minimum atomic E-state index is 0.870. The highest BCUT2D eigenvalue weighted by atomic mass is 15.3. The van der Waals surface area contributed by atoms with Gasteiger partial charge in [-0.2, -0.15) is 5.10 Å². The molecule has 1 aromatic rings. The fourth-order valence-corrected chi connectivity index (χ4v) is 0.950. The summed E-state index contributed by atoms with van der Waals surface area (Å²) in [6, 6.07) is 1.96. The standard InChI is InChI=1S/C6H7N3/c1-2-8-9-4-3-7-5-6(1)9/h1-2,5H,3-4H2.